The van der Waals surface area contributed by atoms with Crippen LogP contribution >= 0.6 is 0 Å². The van der Waals surface area contributed by atoms with Gasteiger partial charge in [0.1, 0.15) is 0 Å². The molecule has 2 heteroatoms. The van der Waals surface area contributed by atoms with E-state index in [0.717, 1.165) is 12.0 Å². The van der Waals surface area contributed by atoms with Crippen molar-refractivity contribution in [2.45, 2.75) is 51.5 Å². The molecule has 2 atom stereocenters. The van der Waals surface area contributed by atoms with Crippen LogP contribution in [0.1, 0.15) is 44.6 Å². The zero-order chi connectivity index (χ0) is 13.8. The van der Waals surface area contributed by atoms with E-state index in [9.17, 15) is 0 Å². The molecule has 1 aliphatic carbocycles. The van der Waals surface area contributed by atoms with Gasteiger partial charge in [-0.1, -0.05) is 38.0 Å². The molecule has 1 aromatic rings. The van der Waals surface area contributed by atoms with Gasteiger partial charge in [-0.3, -0.25) is 0 Å². The van der Waals surface area contributed by atoms with Gasteiger partial charge < -0.3 is 10.2 Å². The number of nitrogens with one attached hydrogen (secondary N) is 1. The summed E-state index contributed by atoms with van der Waals surface area (Å²) in [5.74, 6) is 0.933. The number of para-hydroxylation sites is 1. The fourth-order valence-electron chi connectivity index (χ4n) is 3.99. The summed E-state index contributed by atoms with van der Waals surface area (Å²) in [6.07, 6.45) is 8.09. The van der Waals surface area contributed by atoms with Gasteiger partial charge in [0.15, 0.2) is 0 Å². The Kier molecular flexibility index (Phi) is 4.62. The number of nitrogens with zero attached hydrogens (tertiary/aromatic N) is 1. The van der Waals surface area contributed by atoms with Crippen LogP contribution in [-0.4, -0.2) is 25.7 Å². The Morgan fingerprint density at radius 3 is 3.05 bits per heavy atom. The molecule has 3 rings (SSSR count). The van der Waals surface area contributed by atoms with Crippen LogP contribution in [0.2, 0.25) is 0 Å². The smallest absolute Gasteiger partial charge is 0.0399 e. The van der Waals surface area contributed by atoms with Gasteiger partial charge in [-0.05, 0) is 49.8 Å². The lowest BCUT2D eigenvalue weighted by atomic mass is 10.0. The van der Waals surface area contributed by atoms with Crippen LogP contribution in [0.4, 0.5) is 5.69 Å². The Bertz CT molecular complexity index is 429. The van der Waals surface area contributed by atoms with Crippen molar-refractivity contribution in [2.75, 3.05) is 24.5 Å². The van der Waals surface area contributed by atoms with Crippen molar-refractivity contribution in [1.82, 2.24) is 5.32 Å². The molecule has 1 N–H and O–H groups in total. The lowest BCUT2D eigenvalue weighted by molar-refractivity contribution is 0.389. The summed E-state index contributed by atoms with van der Waals surface area (Å²) in [4.78, 5) is 2.56. The highest BCUT2D eigenvalue weighted by atomic mass is 15.1. The van der Waals surface area contributed by atoms with E-state index in [-0.39, 0.29) is 0 Å². The molecule has 110 valence electrons. The minimum Gasteiger partial charge on any atom is -0.371 e. The maximum atomic E-state index is 3.80. The van der Waals surface area contributed by atoms with Crippen molar-refractivity contribution in [3.8, 4) is 0 Å². The number of anilines is 1. The van der Waals surface area contributed by atoms with Crippen molar-refractivity contribution in [3.63, 3.8) is 0 Å². The van der Waals surface area contributed by atoms with Crippen LogP contribution in [0, 0.1) is 5.92 Å². The Hall–Kier alpha value is -1.02. The van der Waals surface area contributed by atoms with E-state index in [1.165, 1.54) is 69.4 Å². The van der Waals surface area contributed by atoms with Gasteiger partial charge in [-0.2, -0.15) is 0 Å². The number of fused-ring (bicyclic) bond motifs is 1. The molecule has 1 saturated carbocycles. The van der Waals surface area contributed by atoms with Gasteiger partial charge in [-0.25, -0.2) is 0 Å². The van der Waals surface area contributed by atoms with Gasteiger partial charge in [0.05, 0.1) is 0 Å². The van der Waals surface area contributed by atoms with Gasteiger partial charge in [0.25, 0.3) is 0 Å². The molecular formula is C18H28N2. The normalized spacial score (nSPS) is 25.1. The second-order valence-corrected chi connectivity index (χ2v) is 6.38. The van der Waals surface area contributed by atoms with Crippen LogP contribution in [0.5, 0.6) is 0 Å². The van der Waals surface area contributed by atoms with Crippen molar-refractivity contribution >= 4 is 5.69 Å². The molecule has 0 bridgehead atoms. The average Bonchev–Trinajstić information content (AvgIpc) is 3.10. The summed E-state index contributed by atoms with van der Waals surface area (Å²) in [5, 5.41) is 3.80. The van der Waals surface area contributed by atoms with Crippen molar-refractivity contribution in [2.24, 2.45) is 5.92 Å². The molecule has 0 spiro atoms. The average molecular weight is 272 g/mol. The zero-order valence-electron chi connectivity index (χ0n) is 12.8. The van der Waals surface area contributed by atoms with Gasteiger partial charge in [0.2, 0.25) is 0 Å². The molecular weight excluding hydrogens is 244 g/mol. The third kappa shape index (κ3) is 3.01. The van der Waals surface area contributed by atoms with Crippen molar-refractivity contribution < 1.29 is 0 Å². The Morgan fingerprint density at radius 1 is 1.25 bits per heavy atom. The zero-order valence-corrected chi connectivity index (χ0v) is 12.8. The van der Waals surface area contributed by atoms with E-state index in [1.54, 1.807) is 0 Å². The van der Waals surface area contributed by atoms with Gasteiger partial charge in [0, 0.05) is 24.8 Å². The molecule has 2 unspecified atom stereocenters. The molecule has 1 fully saturated rings. The van der Waals surface area contributed by atoms with Crippen LogP contribution in [-0.2, 0) is 6.42 Å². The number of hydrogen-bond acceptors (Lipinski definition) is 2. The highest BCUT2D eigenvalue weighted by Crippen LogP contribution is 2.29. The second kappa shape index (κ2) is 6.62. The number of benzene rings is 1. The standard InChI is InChI=1S/C18H28N2/c1-2-15-8-5-9-17(15)19-12-6-13-20-14-11-16-7-3-4-10-18(16)20/h3-4,7,10,15,17,19H,2,5-6,8-9,11-14H2,1H3. The van der Waals surface area contributed by atoms with E-state index in [2.05, 4.69) is 41.4 Å². The van der Waals surface area contributed by atoms with Gasteiger partial charge in [-0.15, -0.1) is 0 Å². The van der Waals surface area contributed by atoms with E-state index in [0.29, 0.717) is 0 Å². The molecule has 1 aliphatic heterocycles. The third-order valence-electron chi connectivity index (χ3n) is 5.18. The third-order valence-corrected chi connectivity index (χ3v) is 5.18. The van der Waals surface area contributed by atoms with E-state index >= 15 is 0 Å². The molecule has 1 heterocycles. The monoisotopic (exact) mass is 272 g/mol. The summed E-state index contributed by atoms with van der Waals surface area (Å²) in [5.41, 5.74) is 3.00. The fourth-order valence-corrected chi connectivity index (χ4v) is 3.99. The molecule has 0 aromatic heterocycles. The van der Waals surface area contributed by atoms with Gasteiger partial charge >= 0.3 is 0 Å². The largest absolute Gasteiger partial charge is 0.371 e. The van der Waals surface area contributed by atoms with Crippen LogP contribution in [0.3, 0.4) is 0 Å². The highest BCUT2D eigenvalue weighted by Gasteiger charge is 2.25. The second-order valence-electron chi connectivity index (χ2n) is 6.38. The summed E-state index contributed by atoms with van der Waals surface area (Å²) in [7, 11) is 0. The lowest BCUT2D eigenvalue weighted by Crippen LogP contribution is -2.34. The number of rotatable bonds is 6. The van der Waals surface area contributed by atoms with E-state index in [4.69, 9.17) is 0 Å². The topological polar surface area (TPSA) is 15.3 Å². The first-order valence-corrected chi connectivity index (χ1v) is 8.44. The Labute approximate surface area is 123 Å². The molecule has 0 amide bonds. The van der Waals surface area contributed by atoms with Crippen LogP contribution in [0.15, 0.2) is 24.3 Å². The molecule has 0 radical (unpaired) electrons. The maximum absolute atomic E-state index is 3.80. The molecule has 2 aliphatic rings. The maximum Gasteiger partial charge on any atom is 0.0399 e. The first-order valence-electron chi connectivity index (χ1n) is 8.44. The first kappa shape index (κ1) is 13.9. The quantitative estimate of drug-likeness (QED) is 0.796. The first-order chi connectivity index (χ1) is 9.88. The summed E-state index contributed by atoms with van der Waals surface area (Å²) in [6, 6.07) is 9.68. The van der Waals surface area contributed by atoms with Crippen molar-refractivity contribution in [3.05, 3.63) is 29.8 Å². The van der Waals surface area contributed by atoms with E-state index in [1.807, 2.05) is 0 Å². The summed E-state index contributed by atoms with van der Waals surface area (Å²) >= 11 is 0. The Morgan fingerprint density at radius 2 is 2.15 bits per heavy atom. The van der Waals surface area contributed by atoms with E-state index < -0.39 is 0 Å². The number of hydrogen-bond donors (Lipinski definition) is 1. The molecule has 2 nitrogen and oxygen atoms in total. The Balaban J connectivity index is 1.41. The SMILES string of the molecule is CCC1CCCC1NCCCN1CCc2ccccc21. The van der Waals surface area contributed by atoms with Crippen LogP contribution < -0.4 is 10.2 Å². The molecule has 1 aromatic carbocycles. The molecule has 0 saturated heterocycles. The minimum absolute atomic E-state index is 0.797. The minimum atomic E-state index is 0.797. The molecule has 20 heavy (non-hydrogen) atoms. The summed E-state index contributed by atoms with van der Waals surface area (Å²) < 4.78 is 0. The predicted octanol–water partition coefficient (Wildman–Crippen LogP) is 3.61. The lowest BCUT2D eigenvalue weighted by Gasteiger charge is -2.22. The van der Waals surface area contributed by atoms with Crippen molar-refractivity contribution in [1.29, 1.82) is 0 Å². The predicted molar refractivity (Wildman–Crippen MR) is 86.4 cm³/mol. The highest BCUT2D eigenvalue weighted by molar-refractivity contribution is 5.57. The van der Waals surface area contributed by atoms with Crippen LogP contribution in [0.25, 0.3) is 0 Å². The fraction of sp³-hybridized carbons (Fsp3) is 0.667. The summed E-state index contributed by atoms with van der Waals surface area (Å²) in [6.45, 7) is 5.93.